The van der Waals surface area contributed by atoms with Crippen LogP contribution in [-0.2, 0) is 4.79 Å². The number of carbonyl (C=O) groups excluding carboxylic acids is 2. The van der Waals surface area contributed by atoms with Crippen molar-refractivity contribution in [2.75, 3.05) is 44.6 Å². The van der Waals surface area contributed by atoms with Crippen molar-refractivity contribution in [2.24, 2.45) is 5.92 Å². The Morgan fingerprint density at radius 1 is 1.12 bits per heavy atom. The third kappa shape index (κ3) is 5.04. The number of carbonyl (C=O) groups is 2. The molecular formula is C18H26N4O2. The summed E-state index contributed by atoms with van der Waals surface area (Å²) >= 11 is 0. The molecule has 2 aliphatic rings. The van der Waals surface area contributed by atoms with E-state index >= 15 is 0 Å². The zero-order valence-electron chi connectivity index (χ0n) is 14.0. The Morgan fingerprint density at radius 2 is 1.83 bits per heavy atom. The fourth-order valence-electron chi connectivity index (χ4n) is 2.84. The van der Waals surface area contributed by atoms with Gasteiger partial charge in [-0.3, -0.25) is 9.59 Å². The molecule has 1 aromatic rings. The third-order valence-electron chi connectivity index (χ3n) is 4.51. The number of hydrogen-bond acceptors (Lipinski definition) is 4. The lowest BCUT2D eigenvalue weighted by Gasteiger charge is -2.27. The van der Waals surface area contributed by atoms with Crippen molar-refractivity contribution >= 4 is 17.5 Å². The maximum absolute atomic E-state index is 12.1. The number of piperazine rings is 1. The number of nitrogens with zero attached hydrogens (tertiary/aromatic N) is 1. The molecule has 24 heavy (non-hydrogen) atoms. The predicted molar refractivity (Wildman–Crippen MR) is 94.1 cm³/mol. The molecule has 1 heterocycles. The minimum absolute atomic E-state index is 0.0598. The van der Waals surface area contributed by atoms with Crippen LogP contribution in [0.3, 0.4) is 0 Å². The predicted octanol–water partition coefficient (Wildman–Crippen LogP) is 1.06. The summed E-state index contributed by atoms with van der Waals surface area (Å²) in [5.74, 6) is 0.208. The van der Waals surface area contributed by atoms with Crippen molar-refractivity contribution in [3.63, 3.8) is 0 Å². The molecule has 1 aliphatic carbocycles. The van der Waals surface area contributed by atoms with Crippen LogP contribution in [0.2, 0.25) is 0 Å². The largest absolute Gasteiger partial charge is 0.352 e. The zero-order chi connectivity index (χ0) is 16.8. The van der Waals surface area contributed by atoms with E-state index in [0.717, 1.165) is 57.7 Å². The average Bonchev–Trinajstić information content (AvgIpc) is 3.45. The Labute approximate surface area is 143 Å². The van der Waals surface area contributed by atoms with Crippen LogP contribution in [-0.4, -0.2) is 56.0 Å². The van der Waals surface area contributed by atoms with Crippen LogP contribution in [0.15, 0.2) is 24.3 Å². The maximum Gasteiger partial charge on any atom is 0.251 e. The number of rotatable bonds is 7. The number of anilines is 1. The highest BCUT2D eigenvalue weighted by Gasteiger charge is 2.29. The van der Waals surface area contributed by atoms with Crippen molar-refractivity contribution in [3.8, 4) is 0 Å². The van der Waals surface area contributed by atoms with Crippen molar-refractivity contribution in [2.45, 2.75) is 19.3 Å². The zero-order valence-corrected chi connectivity index (χ0v) is 14.0. The van der Waals surface area contributed by atoms with Gasteiger partial charge in [0.2, 0.25) is 5.91 Å². The number of nitrogens with one attached hydrogen (secondary N) is 3. The van der Waals surface area contributed by atoms with Crippen LogP contribution in [0.5, 0.6) is 0 Å². The molecule has 2 amide bonds. The van der Waals surface area contributed by atoms with E-state index in [9.17, 15) is 9.59 Å². The Hall–Kier alpha value is -1.92. The molecule has 6 heteroatoms. The standard InChI is InChI=1S/C18H26N4O2/c23-17(20-8-1-11-22-12-9-19-10-13-22)14-4-6-16(7-5-14)21-18(24)15-2-3-15/h4-7,15,19H,1-3,8-13H2,(H,20,23)(H,21,24). The summed E-state index contributed by atoms with van der Waals surface area (Å²) < 4.78 is 0. The van der Waals surface area contributed by atoms with Crippen LogP contribution in [0.1, 0.15) is 29.6 Å². The summed E-state index contributed by atoms with van der Waals surface area (Å²) in [6.07, 6.45) is 2.93. The van der Waals surface area contributed by atoms with Gasteiger partial charge < -0.3 is 20.9 Å². The molecule has 0 unspecified atom stereocenters. The first-order valence-electron chi connectivity index (χ1n) is 8.84. The minimum atomic E-state index is -0.0598. The number of hydrogen-bond donors (Lipinski definition) is 3. The summed E-state index contributed by atoms with van der Waals surface area (Å²) in [5.41, 5.74) is 1.38. The molecule has 6 nitrogen and oxygen atoms in total. The summed E-state index contributed by atoms with van der Waals surface area (Å²) in [6, 6.07) is 7.09. The van der Waals surface area contributed by atoms with Gasteiger partial charge in [-0.15, -0.1) is 0 Å². The highest BCUT2D eigenvalue weighted by Crippen LogP contribution is 2.30. The van der Waals surface area contributed by atoms with Crippen LogP contribution in [0.4, 0.5) is 5.69 Å². The van der Waals surface area contributed by atoms with E-state index in [-0.39, 0.29) is 17.7 Å². The van der Waals surface area contributed by atoms with Gasteiger partial charge >= 0.3 is 0 Å². The molecule has 3 rings (SSSR count). The molecule has 2 fully saturated rings. The molecule has 1 saturated carbocycles. The molecule has 0 atom stereocenters. The second-order valence-corrected chi connectivity index (χ2v) is 6.54. The van der Waals surface area contributed by atoms with Crippen LogP contribution in [0.25, 0.3) is 0 Å². The molecule has 0 aromatic heterocycles. The lowest BCUT2D eigenvalue weighted by atomic mass is 10.2. The molecular weight excluding hydrogens is 304 g/mol. The smallest absolute Gasteiger partial charge is 0.251 e. The molecule has 130 valence electrons. The van der Waals surface area contributed by atoms with Gasteiger partial charge in [-0.05, 0) is 50.1 Å². The maximum atomic E-state index is 12.1. The highest BCUT2D eigenvalue weighted by molar-refractivity contribution is 5.96. The van der Waals surface area contributed by atoms with E-state index in [2.05, 4.69) is 20.9 Å². The fraction of sp³-hybridized carbons (Fsp3) is 0.556. The summed E-state index contributed by atoms with van der Waals surface area (Å²) in [7, 11) is 0. The molecule has 1 aromatic carbocycles. The second-order valence-electron chi connectivity index (χ2n) is 6.54. The minimum Gasteiger partial charge on any atom is -0.352 e. The quantitative estimate of drug-likeness (QED) is 0.654. The lowest BCUT2D eigenvalue weighted by molar-refractivity contribution is -0.117. The van der Waals surface area contributed by atoms with Crippen LogP contribution in [0, 0.1) is 5.92 Å². The van der Waals surface area contributed by atoms with E-state index in [1.165, 1.54) is 0 Å². The Balaban J connectivity index is 1.37. The fourth-order valence-corrected chi connectivity index (χ4v) is 2.84. The van der Waals surface area contributed by atoms with Gasteiger partial charge in [-0.25, -0.2) is 0 Å². The monoisotopic (exact) mass is 330 g/mol. The topological polar surface area (TPSA) is 73.5 Å². The molecule has 0 spiro atoms. The van der Waals surface area contributed by atoms with Gasteiger partial charge in [0.05, 0.1) is 0 Å². The van der Waals surface area contributed by atoms with Crippen molar-refractivity contribution in [1.29, 1.82) is 0 Å². The summed E-state index contributed by atoms with van der Waals surface area (Å²) in [4.78, 5) is 26.2. The van der Waals surface area contributed by atoms with Crippen LogP contribution < -0.4 is 16.0 Å². The second kappa shape index (κ2) is 8.26. The first kappa shape index (κ1) is 16.9. The van der Waals surface area contributed by atoms with Gasteiger partial charge in [-0.1, -0.05) is 0 Å². The van der Waals surface area contributed by atoms with Crippen molar-refractivity contribution in [1.82, 2.24) is 15.5 Å². The van der Waals surface area contributed by atoms with Crippen LogP contribution >= 0.6 is 0 Å². The van der Waals surface area contributed by atoms with Gasteiger partial charge in [0.25, 0.3) is 5.91 Å². The highest BCUT2D eigenvalue weighted by atomic mass is 16.2. The summed E-state index contributed by atoms with van der Waals surface area (Å²) in [5, 5.41) is 9.17. The van der Waals surface area contributed by atoms with Crippen molar-refractivity contribution < 1.29 is 9.59 Å². The van der Waals surface area contributed by atoms with Gasteiger partial charge in [0, 0.05) is 49.9 Å². The first-order chi connectivity index (χ1) is 11.7. The van der Waals surface area contributed by atoms with Gasteiger partial charge in [0.1, 0.15) is 0 Å². The lowest BCUT2D eigenvalue weighted by Crippen LogP contribution is -2.44. The summed E-state index contributed by atoms with van der Waals surface area (Å²) in [6.45, 7) is 5.98. The normalized spacial score (nSPS) is 18.2. The van der Waals surface area contributed by atoms with Gasteiger partial charge in [-0.2, -0.15) is 0 Å². The van der Waals surface area contributed by atoms with Crippen molar-refractivity contribution in [3.05, 3.63) is 29.8 Å². The third-order valence-corrected chi connectivity index (χ3v) is 4.51. The molecule has 3 N–H and O–H groups in total. The van der Waals surface area contributed by atoms with Gasteiger partial charge in [0.15, 0.2) is 0 Å². The number of amides is 2. The van der Waals surface area contributed by atoms with E-state index < -0.39 is 0 Å². The van der Waals surface area contributed by atoms with E-state index in [0.29, 0.717) is 12.1 Å². The average molecular weight is 330 g/mol. The Morgan fingerprint density at radius 3 is 2.50 bits per heavy atom. The first-order valence-corrected chi connectivity index (χ1v) is 8.84. The number of benzene rings is 1. The molecule has 0 radical (unpaired) electrons. The Kier molecular flexibility index (Phi) is 5.82. The molecule has 1 aliphatic heterocycles. The van der Waals surface area contributed by atoms with E-state index in [4.69, 9.17) is 0 Å². The van der Waals surface area contributed by atoms with E-state index in [1.807, 2.05) is 0 Å². The molecule has 1 saturated heterocycles. The van der Waals surface area contributed by atoms with E-state index in [1.54, 1.807) is 24.3 Å². The Bertz CT molecular complexity index is 563. The SMILES string of the molecule is O=C(NCCCN1CCNCC1)c1ccc(NC(=O)C2CC2)cc1. The molecule has 0 bridgehead atoms.